The highest BCUT2D eigenvalue weighted by Gasteiger charge is 2.18. The van der Waals surface area contributed by atoms with Crippen LogP contribution in [0, 0.1) is 0 Å². The van der Waals surface area contributed by atoms with Gasteiger partial charge in [0.25, 0.3) is 5.56 Å². The third-order valence-electron chi connectivity index (χ3n) is 4.04. The Morgan fingerprint density at radius 2 is 2.09 bits per heavy atom. The fourth-order valence-corrected chi connectivity index (χ4v) is 2.66. The van der Waals surface area contributed by atoms with Crippen molar-refractivity contribution in [2.24, 2.45) is 7.05 Å². The van der Waals surface area contributed by atoms with Crippen molar-refractivity contribution in [2.45, 2.75) is 39.8 Å². The van der Waals surface area contributed by atoms with Gasteiger partial charge in [0.05, 0.1) is 6.54 Å². The molecule has 0 saturated carbocycles. The second kappa shape index (κ2) is 7.41. The predicted molar refractivity (Wildman–Crippen MR) is 91.7 cm³/mol. The number of aromatic nitrogens is 4. The molecule has 0 aliphatic heterocycles. The Hall–Kier alpha value is -2.15. The zero-order valence-corrected chi connectivity index (χ0v) is 14.1. The first-order chi connectivity index (χ1) is 11.0. The van der Waals surface area contributed by atoms with E-state index in [1.54, 1.807) is 13.1 Å². The molecule has 0 atom stereocenters. The average molecular weight is 319 g/mol. The molecule has 7 heteroatoms. The number of hydrogen-bond donors (Lipinski definition) is 1. The number of hydrogen-bond acceptors (Lipinski definition) is 4. The van der Waals surface area contributed by atoms with Crippen LogP contribution in [-0.2, 0) is 20.1 Å². The van der Waals surface area contributed by atoms with Crippen LogP contribution in [0.3, 0.4) is 0 Å². The Balaban J connectivity index is 2.54. The molecule has 2 rings (SSSR count). The van der Waals surface area contributed by atoms with E-state index in [1.807, 2.05) is 4.57 Å². The van der Waals surface area contributed by atoms with Crippen LogP contribution in [0.4, 0.5) is 0 Å². The Morgan fingerprint density at radius 3 is 2.70 bits per heavy atom. The lowest BCUT2D eigenvalue weighted by Gasteiger charge is -2.20. The fourth-order valence-electron chi connectivity index (χ4n) is 2.66. The van der Waals surface area contributed by atoms with Crippen LogP contribution < -0.4 is 11.2 Å². The molecule has 0 amide bonds. The first kappa shape index (κ1) is 17.2. The number of aromatic amines is 1. The van der Waals surface area contributed by atoms with E-state index in [9.17, 15) is 9.59 Å². The summed E-state index contributed by atoms with van der Waals surface area (Å²) in [6, 6.07) is 0. The van der Waals surface area contributed by atoms with Crippen LogP contribution >= 0.6 is 0 Å². The van der Waals surface area contributed by atoms with Gasteiger partial charge >= 0.3 is 5.69 Å². The Kier molecular flexibility index (Phi) is 5.54. The maximum absolute atomic E-state index is 12.2. The van der Waals surface area contributed by atoms with Crippen LogP contribution in [0.15, 0.2) is 22.2 Å². The summed E-state index contributed by atoms with van der Waals surface area (Å²) in [5.74, 6) is 0.782. The summed E-state index contributed by atoms with van der Waals surface area (Å²) < 4.78 is 3.22. The summed E-state index contributed by atoms with van der Waals surface area (Å²) >= 11 is 0. The van der Waals surface area contributed by atoms with Crippen molar-refractivity contribution < 1.29 is 0 Å². The first-order valence-corrected chi connectivity index (χ1v) is 8.05. The molecule has 2 heterocycles. The van der Waals surface area contributed by atoms with E-state index in [0.29, 0.717) is 24.3 Å². The number of imidazole rings is 1. The normalized spacial score (nSPS) is 11.5. The van der Waals surface area contributed by atoms with Crippen molar-refractivity contribution >= 4 is 11.2 Å². The van der Waals surface area contributed by atoms with Gasteiger partial charge in [0.15, 0.2) is 11.2 Å². The molecule has 0 spiro atoms. The second-order valence-electron chi connectivity index (χ2n) is 5.64. The Labute approximate surface area is 135 Å². The number of fused-ring (bicyclic) bond motifs is 1. The van der Waals surface area contributed by atoms with E-state index in [1.165, 1.54) is 4.57 Å². The molecule has 0 radical (unpaired) electrons. The van der Waals surface area contributed by atoms with Gasteiger partial charge in [0.2, 0.25) is 0 Å². The molecule has 0 bridgehead atoms. The zero-order valence-electron chi connectivity index (χ0n) is 14.1. The lowest BCUT2D eigenvalue weighted by atomic mass is 10.3. The molecule has 2 aromatic heterocycles. The average Bonchev–Trinajstić information content (AvgIpc) is 2.88. The van der Waals surface area contributed by atoms with Crippen molar-refractivity contribution in [3.8, 4) is 0 Å². The summed E-state index contributed by atoms with van der Waals surface area (Å²) in [6.07, 6.45) is 3.99. The van der Waals surface area contributed by atoms with Crippen molar-refractivity contribution in [2.75, 3.05) is 13.1 Å². The molecular formula is C16H25N5O2. The molecule has 7 nitrogen and oxygen atoms in total. The van der Waals surface area contributed by atoms with Crippen LogP contribution in [0.1, 0.15) is 32.5 Å². The minimum Gasteiger partial charge on any atom is -0.317 e. The Bertz CT molecular complexity index is 799. The fraction of sp³-hybridized carbons (Fsp3) is 0.562. The molecule has 0 saturated heterocycles. The number of rotatable bonds is 8. The monoisotopic (exact) mass is 319 g/mol. The molecule has 0 aliphatic rings. The highest BCUT2D eigenvalue weighted by molar-refractivity contribution is 5.70. The Morgan fingerprint density at radius 1 is 1.35 bits per heavy atom. The van der Waals surface area contributed by atoms with Crippen molar-refractivity contribution in [3.05, 3.63) is 39.3 Å². The molecule has 1 N–H and O–H groups in total. The lowest BCUT2D eigenvalue weighted by molar-refractivity contribution is 0.266. The molecule has 0 unspecified atom stereocenters. The quantitative estimate of drug-likeness (QED) is 0.743. The maximum Gasteiger partial charge on any atom is 0.329 e. The summed E-state index contributed by atoms with van der Waals surface area (Å²) in [5, 5.41) is 0. The van der Waals surface area contributed by atoms with E-state index < -0.39 is 11.2 Å². The number of H-pyrrole nitrogens is 1. The van der Waals surface area contributed by atoms with E-state index in [2.05, 4.69) is 35.3 Å². The second-order valence-corrected chi connectivity index (χ2v) is 5.64. The molecular weight excluding hydrogens is 294 g/mol. The smallest absolute Gasteiger partial charge is 0.317 e. The molecule has 2 aromatic rings. The topological polar surface area (TPSA) is 75.9 Å². The van der Waals surface area contributed by atoms with Gasteiger partial charge in [-0.3, -0.25) is 19.2 Å². The summed E-state index contributed by atoms with van der Waals surface area (Å²) in [7, 11) is 1.62. The van der Waals surface area contributed by atoms with Gasteiger partial charge in [-0.15, -0.1) is 6.58 Å². The third kappa shape index (κ3) is 3.44. The van der Waals surface area contributed by atoms with E-state index in [4.69, 9.17) is 0 Å². The number of nitrogens with zero attached hydrogens (tertiary/aromatic N) is 4. The zero-order chi connectivity index (χ0) is 17.0. The lowest BCUT2D eigenvalue weighted by Crippen LogP contribution is -2.29. The highest BCUT2D eigenvalue weighted by atomic mass is 16.2. The molecule has 23 heavy (non-hydrogen) atoms. The standard InChI is InChI=1S/C16H25N5O2/c1-5-8-10-20(7-3)11-12-17-14-13(21(12)9-6-2)15(22)18-16(23)19(14)4/h6H,2,5,7-11H2,1,3-4H3,(H,18,22,23). The molecule has 0 aliphatic carbocycles. The van der Waals surface area contributed by atoms with Crippen molar-refractivity contribution in [1.29, 1.82) is 0 Å². The van der Waals surface area contributed by atoms with Crippen LogP contribution in [0.5, 0.6) is 0 Å². The summed E-state index contributed by atoms with van der Waals surface area (Å²) in [4.78, 5) is 33.2. The van der Waals surface area contributed by atoms with Gasteiger partial charge in [-0.05, 0) is 19.5 Å². The van der Waals surface area contributed by atoms with Crippen molar-refractivity contribution in [1.82, 2.24) is 24.0 Å². The minimum absolute atomic E-state index is 0.402. The first-order valence-electron chi connectivity index (χ1n) is 8.05. The SMILES string of the molecule is C=CCn1c(CN(CC)CCCC)nc2c1c(=O)[nH]c(=O)n2C. The number of nitrogens with one attached hydrogen (secondary N) is 1. The highest BCUT2D eigenvalue weighted by Crippen LogP contribution is 2.13. The number of unbranched alkanes of at least 4 members (excludes halogenated alkanes) is 1. The molecule has 126 valence electrons. The minimum atomic E-state index is -0.448. The number of allylic oxidation sites excluding steroid dienone is 1. The van der Waals surface area contributed by atoms with Gasteiger partial charge in [0.1, 0.15) is 5.82 Å². The van der Waals surface area contributed by atoms with Crippen LogP contribution in [0.25, 0.3) is 11.2 Å². The van der Waals surface area contributed by atoms with E-state index in [-0.39, 0.29) is 0 Å². The van der Waals surface area contributed by atoms with Crippen molar-refractivity contribution in [3.63, 3.8) is 0 Å². The van der Waals surface area contributed by atoms with Gasteiger partial charge < -0.3 is 4.57 Å². The van der Waals surface area contributed by atoms with E-state index >= 15 is 0 Å². The largest absolute Gasteiger partial charge is 0.329 e. The number of aryl methyl sites for hydroxylation is 1. The molecule has 0 aromatic carbocycles. The van der Waals surface area contributed by atoms with Crippen LogP contribution in [-0.4, -0.2) is 37.1 Å². The van der Waals surface area contributed by atoms with Gasteiger partial charge in [0, 0.05) is 13.6 Å². The maximum atomic E-state index is 12.2. The van der Waals surface area contributed by atoms with Gasteiger partial charge in [-0.1, -0.05) is 26.3 Å². The summed E-state index contributed by atoms with van der Waals surface area (Å²) in [5.41, 5.74) is -0.00775. The molecule has 0 fully saturated rings. The van der Waals surface area contributed by atoms with Crippen LogP contribution in [0.2, 0.25) is 0 Å². The third-order valence-corrected chi connectivity index (χ3v) is 4.04. The van der Waals surface area contributed by atoms with E-state index in [0.717, 1.165) is 31.8 Å². The van der Waals surface area contributed by atoms with Gasteiger partial charge in [-0.25, -0.2) is 9.78 Å². The van der Waals surface area contributed by atoms with Gasteiger partial charge in [-0.2, -0.15) is 0 Å². The predicted octanol–water partition coefficient (Wildman–Crippen LogP) is 1.23. The summed E-state index contributed by atoms with van der Waals surface area (Å²) in [6.45, 7) is 11.1.